The summed E-state index contributed by atoms with van der Waals surface area (Å²) in [6, 6.07) is 9.85. The van der Waals surface area contributed by atoms with Crippen molar-refractivity contribution in [3.8, 4) is 0 Å². The van der Waals surface area contributed by atoms with Gasteiger partial charge in [0.1, 0.15) is 5.54 Å². The van der Waals surface area contributed by atoms with E-state index < -0.39 is 11.5 Å². The van der Waals surface area contributed by atoms with Gasteiger partial charge in [0.15, 0.2) is 0 Å². The van der Waals surface area contributed by atoms with Gasteiger partial charge < -0.3 is 10.4 Å². The lowest BCUT2D eigenvalue weighted by Crippen LogP contribution is -2.54. The third kappa shape index (κ3) is 3.10. The van der Waals surface area contributed by atoms with Crippen LogP contribution in [0.4, 0.5) is 0 Å². The largest absolute Gasteiger partial charge is 0.480 e. The van der Waals surface area contributed by atoms with Crippen LogP contribution in [0.25, 0.3) is 0 Å². The Morgan fingerprint density at radius 3 is 2.56 bits per heavy atom. The maximum atomic E-state index is 11.6. The van der Waals surface area contributed by atoms with Crippen molar-refractivity contribution in [2.75, 3.05) is 6.54 Å². The number of hydrogen-bond donors (Lipinski definition) is 2. The van der Waals surface area contributed by atoms with E-state index in [-0.39, 0.29) is 0 Å². The van der Waals surface area contributed by atoms with E-state index in [1.165, 1.54) is 12.8 Å². The van der Waals surface area contributed by atoms with Gasteiger partial charge in [0.05, 0.1) is 0 Å². The Hall–Kier alpha value is -1.35. The number of benzene rings is 1. The average Bonchev–Trinajstić information content (AvgIpc) is 3.19. The molecule has 0 aromatic heterocycles. The maximum absolute atomic E-state index is 11.6. The predicted molar refractivity (Wildman–Crippen MR) is 71.5 cm³/mol. The zero-order valence-corrected chi connectivity index (χ0v) is 10.9. The molecular formula is C15H21NO2. The van der Waals surface area contributed by atoms with Crippen molar-refractivity contribution in [3.05, 3.63) is 35.9 Å². The molecule has 1 fully saturated rings. The van der Waals surface area contributed by atoms with Crippen LogP contribution in [0, 0.1) is 5.92 Å². The summed E-state index contributed by atoms with van der Waals surface area (Å²) in [6.07, 6.45) is 3.62. The van der Waals surface area contributed by atoms with Crippen molar-refractivity contribution >= 4 is 5.97 Å². The van der Waals surface area contributed by atoms with Gasteiger partial charge in [0.2, 0.25) is 0 Å². The fourth-order valence-electron chi connectivity index (χ4n) is 2.22. The van der Waals surface area contributed by atoms with E-state index in [9.17, 15) is 9.90 Å². The Balaban J connectivity index is 2.09. The van der Waals surface area contributed by atoms with E-state index >= 15 is 0 Å². The quantitative estimate of drug-likeness (QED) is 0.778. The number of carboxylic acid groups (broad SMARTS) is 1. The predicted octanol–water partition coefficient (Wildman–Crippen LogP) is 2.46. The zero-order valence-electron chi connectivity index (χ0n) is 10.9. The van der Waals surface area contributed by atoms with Gasteiger partial charge in [0.25, 0.3) is 0 Å². The number of hydrogen-bond acceptors (Lipinski definition) is 2. The van der Waals surface area contributed by atoms with E-state index in [0.717, 1.165) is 12.1 Å². The molecule has 1 aliphatic carbocycles. The van der Waals surface area contributed by atoms with Gasteiger partial charge in [-0.3, -0.25) is 4.79 Å². The summed E-state index contributed by atoms with van der Waals surface area (Å²) >= 11 is 0. The van der Waals surface area contributed by atoms with Crippen LogP contribution in [0.2, 0.25) is 0 Å². The normalized spacial score (nSPS) is 18.3. The molecule has 1 unspecified atom stereocenters. The van der Waals surface area contributed by atoms with Crippen LogP contribution in [0.1, 0.15) is 31.7 Å². The molecule has 0 amide bonds. The van der Waals surface area contributed by atoms with E-state index in [1.807, 2.05) is 37.3 Å². The van der Waals surface area contributed by atoms with Crippen molar-refractivity contribution in [1.29, 1.82) is 0 Å². The lowest BCUT2D eigenvalue weighted by atomic mass is 9.88. The summed E-state index contributed by atoms with van der Waals surface area (Å²) in [5.74, 6) is -0.0550. The molecule has 2 N–H and O–H groups in total. The topological polar surface area (TPSA) is 49.3 Å². The monoisotopic (exact) mass is 247 g/mol. The van der Waals surface area contributed by atoms with Crippen LogP contribution in [-0.2, 0) is 11.2 Å². The van der Waals surface area contributed by atoms with Crippen LogP contribution in [-0.4, -0.2) is 23.2 Å². The molecule has 1 aromatic rings. The van der Waals surface area contributed by atoms with Crippen LogP contribution in [0.15, 0.2) is 30.3 Å². The van der Waals surface area contributed by atoms with Crippen LogP contribution >= 0.6 is 0 Å². The summed E-state index contributed by atoms with van der Waals surface area (Å²) < 4.78 is 0. The maximum Gasteiger partial charge on any atom is 0.324 e. The Morgan fingerprint density at radius 2 is 2.06 bits per heavy atom. The molecule has 1 atom stereocenters. The summed E-state index contributed by atoms with van der Waals surface area (Å²) in [7, 11) is 0. The molecule has 18 heavy (non-hydrogen) atoms. The second kappa shape index (κ2) is 5.53. The summed E-state index contributed by atoms with van der Waals surface area (Å²) in [4.78, 5) is 11.6. The summed E-state index contributed by atoms with van der Waals surface area (Å²) in [5.41, 5.74) is 0.259. The van der Waals surface area contributed by atoms with Crippen molar-refractivity contribution in [1.82, 2.24) is 5.32 Å². The Kier molecular flexibility index (Phi) is 4.02. The van der Waals surface area contributed by atoms with Gasteiger partial charge in [-0.15, -0.1) is 0 Å². The zero-order chi connectivity index (χ0) is 13.0. The SMILES string of the molecule is CCC(Cc1ccccc1)(NCC1CC1)C(=O)O. The van der Waals surface area contributed by atoms with Crippen LogP contribution < -0.4 is 5.32 Å². The molecule has 3 heteroatoms. The lowest BCUT2D eigenvalue weighted by molar-refractivity contribution is -0.145. The molecule has 3 nitrogen and oxygen atoms in total. The molecule has 1 aliphatic rings. The molecule has 2 rings (SSSR count). The Bertz CT molecular complexity index is 400. The first kappa shape index (κ1) is 13.1. The lowest BCUT2D eigenvalue weighted by Gasteiger charge is -2.30. The van der Waals surface area contributed by atoms with Crippen LogP contribution in [0.5, 0.6) is 0 Å². The molecular weight excluding hydrogens is 226 g/mol. The number of carbonyl (C=O) groups is 1. The highest BCUT2D eigenvalue weighted by Gasteiger charge is 2.37. The molecule has 0 spiro atoms. The van der Waals surface area contributed by atoms with Gasteiger partial charge in [0, 0.05) is 6.42 Å². The van der Waals surface area contributed by atoms with Gasteiger partial charge in [-0.25, -0.2) is 0 Å². The number of carboxylic acids is 1. The van der Waals surface area contributed by atoms with Crippen molar-refractivity contribution in [3.63, 3.8) is 0 Å². The highest BCUT2D eigenvalue weighted by molar-refractivity contribution is 5.79. The minimum absolute atomic E-state index is 0.548. The second-order valence-electron chi connectivity index (χ2n) is 5.23. The van der Waals surface area contributed by atoms with Gasteiger partial charge in [-0.1, -0.05) is 37.3 Å². The van der Waals surface area contributed by atoms with E-state index in [2.05, 4.69) is 5.32 Å². The van der Waals surface area contributed by atoms with Crippen molar-refractivity contribution in [2.45, 2.75) is 38.1 Å². The number of rotatable bonds is 7. The molecule has 98 valence electrons. The fraction of sp³-hybridized carbons (Fsp3) is 0.533. The Labute approximate surface area is 108 Å². The molecule has 0 bridgehead atoms. The summed E-state index contributed by atoms with van der Waals surface area (Å²) in [6.45, 7) is 2.77. The Morgan fingerprint density at radius 1 is 1.39 bits per heavy atom. The second-order valence-corrected chi connectivity index (χ2v) is 5.23. The average molecular weight is 247 g/mol. The van der Waals surface area contributed by atoms with E-state index in [0.29, 0.717) is 18.8 Å². The minimum atomic E-state index is -0.816. The highest BCUT2D eigenvalue weighted by atomic mass is 16.4. The van der Waals surface area contributed by atoms with Gasteiger partial charge in [-0.05, 0) is 37.3 Å². The third-order valence-corrected chi connectivity index (χ3v) is 3.79. The van der Waals surface area contributed by atoms with Crippen LogP contribution in [0.3, 0.4) is 0 Å². The van der Waals surface area contributed by atoms with E-state index in [4.69, 9.17) is 0 Å². The first-order valence-corrected chi connectivity index (χ1v) is 6.68. The fourth-order valence-corrected chi connectivity index (χ4v) is 2.22. The molecule has 0 saturated heterocycles. The molecule has 0 radical (unpaired) electrons. The minimum Gasteiger partial charge on any atom is -0.480 e. The number of nitrogens with one attached hydrogen (secondary N) is 1. The van der Waals surface area contributed by atoms with Crippen molar-refractivity contribution in [2.24, 2.45) is 5.92 Å². The molecule has 0 aliphatic heterocycles. The molecule has 0 heterocycles. The smallest absolute Gasteiger partial charge is 0.324 e. The van der Waals surface area contributed by atoms with Gasteiger partial charge in [-0.2, -0.15) is 0 Å². The standard InChI is InChI=1S/C15H21NO2/c1-2-15(14(17)18,16-11-13-8-9-13)10-12-6-4-3-5-7-12/h3-7,13,16H,2,8-11H2,1H3,(H,17,18). The van der Waals surface area contributed by atoms with E-state index in [1.54, 1.807) is 0 Å². The third-order valence-electron chi connectivity index (χ3n) is 3.79. The summed E-state index contributed by atoms with van der Waals surface area (Å²) in [5, 5.41) is 12.8. The molecule has 1 saturated carbocycles. The highest BCUT2D eigenvalue weighted by Crippen LogP contribution is 2.29. The number of aliphatic carboxylic acids is 1. The van der Waals surface area contributed by atoms with Gasteiger partial charge >= 0.3 is 5.97 Å². The first-order chi connectivity index (χ1) is 8.66. The van der Waals surface area contributed by atoms with Crippen molar-refractivity contribution < 1.29 is 9.90 Å². The first-order valence-electron chi connectivity index (χ1n) is 6.68. The molecule has 1 aromatic carbocycles.